The van der Waals surface area contributed by atoms with Gasteiger partial charge in [0, 0.05) is 37.2 Å². The number of carboxylic acids is 1. The molecule has 2 rings (SSSR count). The summed E-state index contributed by atoms with van der Waals surface area (Å²) in [5.74, 6) is -1.28. The maximum absolute atomic E-state index is 12.2. The first-order valence-corrected chi connectivity index (χ1v) is 9.71. The van der Waals surface area contributed by atoms with E-state index in [9.17, 15) is 18.0 Å². The number of sulfonamides is 1. The minimum absolute atomic E-state index is 0.0736. The topological polar surface area (TPSA) is 105 Å². The molecule has 0 fully saturated rings. The number of aromatic nitrogens is 1. The molecule has 0 amide bonds. The van der Waals surface area contributed by atoms with Crippen molar-refractivity contribution in [3.05, 3.63) is 52.8 Å². The van der Waals surface area contributed by atoms with Crippen LogP contribution in [0.25, 0.3) is 0 Å². The highest BCUT2D eigenvalue weighted by Crippen LogP contribution is 2.15. The Morgan fingerprint density at radius 3 is 2.38 bits per heavy atom. The lowest BCUT2D eigenvalue weighted by molar-refractivity contribution is -0.136. The van der Waals surface area contributed by atoms with Gasteiger partial charge in [-0.3, -0.25) is 9.59 Å². The molecule has 1 aromatic heterocycles. The van der Waals surface area contributed by atoms with Crippen LogP contribution in [0.4, 0.5) is 0 Å². The van der Waals surface area contributed by atoms with E-state index in [0.717, 1.165) is 5.69 Å². The number of ketones is 1. The lowest BCUT2D eigenvalue weighted by Crippen LogP contribution is -2.26. The number of carboxylic acid groups (broad SMARTS) is 1. The molecule has 0 saturated heterocycles. The molecular formula is C17H19ClN2O5S. The zero-order valence-corrected chi connectivity index (χ0v) is 15.7. The Morgan fingerprint density at radius 1 is 1.12 bits per heavy atom. The molecule has 2 N–H and O–H groups in total. The monoisotopic (exact) mass is 398 g/mol. The van der Waals surface area contributed by atoms with Crippen LogP contribution in [0.2, 0.25) is 5.02 Å². The molecule has 0 saturated carbocycles. The third-order valence-corrected chi connectivity index (χ3v) is 5.60. The quantitative estimate of drug-likeness (QED) is 0.630. The smallest absolute Gasteiger partial charge is 0.303 e. The first-order chi connectivity index (χ1) is 12.2. The number of Topliss-reactive ketones (excluding diaryl/α,β-unsaturated/α-hetero) is 1. The molecule has 9 heteroatoms. The van der Waals surface area contributed by atoms with Crippen molar-refractivity contribution in [3.8, 4) is 0 Å². The van der Waals surface area contributed by atoms with Gasteiger partial charge in [0.05, 0.1) is 17.0 Å². The summed E-state index contributed by atoms with van der Waals surface area (Å²) in [5.41, 5.74) is 1.17. The standard InChI is InChI=1S/C17H19ClN2O5S/c1-20-13(4-7-15(20)16(21)8-9-17(22)23)10-11-19-26(24,25)14-5-2-12(18)3-6-14/h2-7,19H,8-11H2,1H3,(H,22,23). The predicted octanol–water partition coefficient (Wildman–Crippen LogP) is 2.25. The summed E-state index contributed by atoms with van der Waals surface area (Å²) in [4.78, 5) is 22.7. The summed E-state index contributed by atoms with van der Waals surface area (Å²) < 4.78 is 28.6. The van der Waals surface area contributed by atoms with Crippen LogP contribution in [0.3, 0.4) is 0 Å². The molecule has 1 heterocycles. The molecule has 0 aliphatic carbocycles. The Hall–Kier alpha value is -2.16. The van der Waals surface area contributed by atoms with Crippen molar-refractivity contribution < 1.29 is 23.1 Å². The van der Waals surface area contributed by atoms with Crippen LogP contribution < -0.4 is 4.72 Å². The number of halogens is 1. The van der Waals surface area contributed by atoms with Crippen LogP contribution in [-0.2, 0) is 28.3 Å². The van der Waals surface area contributed by atoms with Crippen molar-refractivity contribution in [2.45, 2.75) is 24.2 Å². The molecule has 0 atom stereocenters. The highest BCUT2D eigenvalue weighted by atomic mass is 35.5. The van der Waals surface area contributed by atoms with Crippen LogP contribution in [-0.4, -0.2) is 36.4 Å². The number of benzene rings is 1. The van der Waals surface area contributed by atoms with Gasteiger partial charge in [0.25, 0.3) is 0 Å². The van der Waals surface area contributed by atoms with Crippen molar-refractivity contribution in [1.29, 1.82) is 0 Å². The molecule has 0 aliphatic rings. The van der Waals surface area contributed by atoms with Crippen LogP contribution in [0.1, 0.15) is 29.0 Å². The lowest BCUT2D eigenvalue weighted by Gasteiger charge is -2.09. The maximum Gasteiger partial charge on any atom is 0.303 e. The second kappa shape index (κ2) is 8.48. The number of nitrogens with one attached hydrogen (secondary N) is 1. The summed E-state index contributed by atoms with van der Waals surface area (Å²) in [7, 11) is -1.95. The molecule has 0 aliphatic heterocycles. The Kier molecular flexibility index (Phi) is 6.57. The summed E-state index contributed by atoms with van der Waals surface area (Å²) in [6, 6.07) is 9.20. The molecule has 140 valence electrons. The van der Waals surface area contributed by atoms with Crippen molar-refractivity contribution in [2.24, 2.45) is 7.05 Å². The minimum Gasteiger partial charge on any atom is -0.481 e. The molecule has 26 heavy (non-hydrogen) atoms. The molecular weight excluding hydrogens is 380 g/mol. The third kappa shape index (κ3) is 5.17. The normalized spacial score (nSPS) is 11.5. The van der Waals surface area contributed by atoms with Crippen molar-refractivity contribution >= 4 is 33.4 Å². The van der Waals surface area contributed by atoms with Gasteiger partial charge in [-0.2, -0.15) is 0 Å². The average molecular weight is 399 g/mol. The fourth-order valence-corrected chi connectivity index (χ4v) is 3.60. The highest BCUT2D eigenvalue weighted by Gasteiger charge is 2.16. The van der Waals surface area contributed by atoms with E-state index in [1.807, 2.05) is 0 Å². The van der Waals surface area contributed by atoms with E-state index in [0.29, 0.717) is 17.1 Å². The fraction of sp³-hybridized carbons (Fsp3) is 0.294. The van der Waals surface area contributed by atoms with Gasteiger partial charge in [-0.05, 0) is 36.4 Å². The van der Waals surface area contributed by atoms with Gasteiger partial charge < -0.3 is 9.67 Å². The second-order valence-corrected chi connectivity index (χ2v) is 7.89. The summed E-state index contributed by atoms with van der Waals surface area (Å²) in [5, 5.41) is 9.11. The molecule has 2 aromatic rings. The minimum atomic E-state index is -3.64. The number of carbonyl (C=O) groups excluding carboxylic acids is 1. The number of hydrogen-bond donors (Lipinski definition) is 2. The summed E-state index contributed by atoms with van der Waals surface area (Å²) in [6.45, 7) is 0.158. The first-order valence-electron chi connectivity index (χ1n) is 7.85. The Balaban J connectivity index is 1.97. The van der Waals surface area contributed by atoms with Crippen LogP contribution in [0.15, 0.2) is 41.3 Å². The summed E-state index contributed by atoms with van der Waals surface area (Å²) in [6.07, 6.45) is 0.0889. The number of aliphatic carboxylic acids is 1. The van der Waals surface area contributed by atoms with E-state index < -0.39 is 16.0 Å². The maximum atomic E-state index is 12.2. The van der Waals surface area contributed by atoms with E-state index in [1.165, 1.54) is 24.3 Å². The second-order valence-electron chi connectivity index (χ2n) is 5.69. The van der Waals surface area contributed by atoms with E-state index in [4.69, 9.17) is 16.7 Å². The van der Waals surface area contributed by atoms with Crippen molar-refractivity contribution in [2.75, 3.05) is 6.54 Å². The molecule has 7 nitrogen and oxygen atoms in total. The van der Waals surface area contributed by atoms with Gasteiger partial charge in [-0.25, -0.2) is 13.1 Å². The van der Waals surface area contributed by atoms with Crippen LogP contribution in [0, 0.1) is 0 Å². The zero-order chi connectivity index (χ0) is 19.3. The van der Waals surface area contributed by atoms with Gasteiger partial charge in [-0.15, -0.1) is 0 Å². The highest BCUT2D eigenvalue weighted by molar-refractivity contribution is 7.89. The van der Waals surface area contributed by atoms with Gasteiger partial charge in [0.15, 0.2) is 5.78 Å². The predicted molar refractivity (Wildman–Crippen MR) is 97.0 cm³/mol. The average Bonchev–Trinajstić information content (AvgIpc) is 2.94. The van der Waals surface area contributed by atoms with Crippen molar-refractivity contribution in [3.63, 3.8) is 0 Å². The number of rotatable bonds is 9. The molecule has 0 bridgehead atoms. The van der Waals surface area contributed by atoms with E-state index in [1.54, 1.807) is 23.7 Å². The van der Waals surface area contributed by atoms with E-state index in [2.05, 4.69) is 4.72 Å². The van der Waals surface area contributed by atoms with Crippen LogP contribution >= 0.6 is 11.6 Å². The molecule has 0 spiro atoms. The fourth-order valence-electron chi connectivity index (χ4n) is 2.44. The number of hydrogen-bond acceptors (Lipinski definition) is 4. The summed E-state index contributed by atoms with van der Waals surface area (Å²) >= 11 is 5.75. The largest absolute Gasteiger partial charge is 0.481 e. The molecule has 0 unspecified atom stereocenters. The number of nitrogens with zero attached hydrogens (tertiary/aromatic N) is 1. The van der Waals surface area contributed by atoms with Gasteiger partial charge >= 0.3 is 5.97 Å². The Morgan fingerprint density at radius 2 is 1.77 bits per heavy atom. The third-order valence-electron chi connectivity index (χ3n) is 3.87. The lowest BCUT2D eigenvalue weighted by atomic mass is 10.2. The SMILES string of the molecule is Cn1c(CCNS(=O)(=O)c2ccc(Cl)cc2)ccc1C(=O)CCC(=O)O. The Bertz CT molecular complexity index is 904. The van der Waals surface area contributed by atoms with Gasteiger partial charge in [-0.1, -0.05) is 11.6 Å². The van der Waals surface area contributed by atoms with Crippen LogP contribution in [0.5, 0.6) is 0 Å². The van der Waals surface area contributed by atoms with Gasteiger partial charge in [0.2, 0.25) is 10.0 Å². The van der Waals surface area contributed by atoms with Crippen molar-refractivity contribution in [1.82, 2.24) is 9.29 Å². The Labute approximate surface area is 156 Å². The first kappa shape index (κ1) is 20.2. The molecule has 1 aromatic carbocycles. The van der Waals surface area contributed by atoms with Gasteiger partial charge in [0.1, 0.15) is 0 Å². The molecule has 0 radical (unpaired) electrons. The zero-order valence-electron chi connectivity index (χ0n) is 14.1. The van der Waals surface area contributed by atoms with E-state index in [-0.39, 0.29) is 30.1 Å². The number of carbonyl (C=O) groups is 2. The van der Waals surface area contributed by atoms with E-state index >= 15 is 0 Å².